The monoisotopic (exact) mass is 164 g/mol. The van der Waals surface area contributed by atoms with Crippen molar-refractivity contribution in [3.63, 3.8) is 0 Å². The summed E-state index contributed by atoms with van der Waals surface area (Å²) in [5.74, 6) is -0.317. The standard InChI is InChI=1S/C10H9FO/c11-10-6-8(12)5-7-3-1-2-4-9(7)10/h2,4-6,12H,1,3H2. The smallest absolute Gasteiger partial charge is 0.134 e. The second-order valence-corrected chi connectivity index (χ2v) is 2.94. The van der Waals surface area contributed by atoms with Gasteiger partial charge in [0.1, 0.15) is 11.6 Å². The molecule has 1 aromatic rings. The summed E-state index contributed by atoms with van der Waals surface area (Å²) < 4.78 is 13.1. The van der Waals surface area contributed by atoms with Gasteiger partial charge in [0.05, 0.1) is 0 Å². The molecule has 2 rings (SSSR count). The van der Waals surface area contributed by atoms with E-state index in [0.29, 0.717) is 5.56 Å². The van der Waals surface area contributed by atoms with Crippen molar-refractivity contribution in [2.75, 3.05) is 0 Å². The molecule has 0 aliphatic heterocycles. The summed E-state index contributed by atoms with van der Waals surface area (Å²) >= 11 is 0. The van der Waals surface area contributed by atoms with Crippen LogP contribution in [0, 0.1) is 5.82 Å². The van der Waals surface area contributed by atoms with Crippen molar-refractivity contribution < 1.29 is 9.50 Å². The van der Waals surface area contributed by atoms with Crippen molar-refractivity contribution in [1.82, 2.24) is 0 Å². The van der Waals surface area contributed by atoms with E-state index in [9.17, 15) is 4.39 Å². The average molecular weight is 164 g/mol. The highest BCUT2D eigenvalue weighted by Crippen LogP contribution is 2.26. The molecule has 0 radical (unpaired) electrons. The van der Waals surface area contributed by atoms with E-state index in [4.69, 9.17) is 5.11 Å². The van der Waals surface area contributed by atoms with Crippen molar-refractivity contribution in [3.8, 4) is 5.75 Å². The molecule has 1 aliphatic rings. The lowest BCUT2D eigenvalue weighted by Crippen LogP contribution is -1.96. The van der Waals surface area contributed by atoms with Crippen molar-refractivity contribution in [3.05, 3.63) is 35.2 Å². The molecule has 12 heavy (non-hydrogen) atoms. The summed E-state index contributed by atoms with van der Waals surface area (Å²) in [6.07, 6.45) is 5.46. The van der Waals surface area contributed by atoms with Crippen LogP contribution in [0.2, 0.25) is 0 Å². The topological polar surface area (TPSA) is 20.2 Å². The van der Waals surface area contributed by atoms with Gasteiger partial charge in [-0.1, -0.05) is 12.2 Å². The number of benzene rings is 1. The van der Waals surface area contributed by atoms with E-state index in [1.54, 1.807) is 12.1 Å². The fourth-order valence-electron chi connectivity index (χ4n) is 1.49. The van der Waals surface area contributed by atoms with Gasteiger partial charge in [-0.05, 0) is 24.5 Å². The molecule has 0 bridgehead atoms. The van der Waals surface area contributed by atoms with Crippen LogP contribution in [-0.2, 0) is 6.42 Å². The van der Waals surface area contributed by atoms with Gasteiger partial charge in [-0.15, -0.1) is 0 Å². The summed E-state index contributed by atoms with van der Waals surface area (Å²) in [5, 5.41) is 9.10. The lowest BCUT2D eigenvalue weighted by atomic mass is 9.97. The zero-order chi connectivity index (χ0) is 8.55. The van der Waals surface area contributed by atoms with Crippen LogP contribution in [0.4, 0.5) is 4.39 Å². The summed E-state index contributed by atoms with van der Waals surface area (Å²) in [4.78, 5) is 0. The number of fused-ring (bicyclic) bond motifs is 1. The minimum Gasteiger partial charge on any atom is -0.508 e. The van der Waals surface area contributed by atoms with Gasteiger partial charge >= 0.3 is 0 Å². The second kappa shape index (κ2) is 2.63. The third kappa shape index (κ3) is 1.09. The number of hydrogen-bond donors (Lipinski definition) is 1. The second-order valence-electron chi connectivity index (χ2n) is 2.94. The van der Waals surface area contributed by atoms with Gasteiger partial charge in [0.2, 0.25) is 0 Å². The molecular formula is C10H9FO. The normalized spacial score (nSPS) is 14.4. The number of aromatic hydroxyl groups is 1. The summed E-state index contributed by atoms with van der Waals surface area (Å²) in [5.41, 5.74) is 1.52. The SMILES string of the molecule is Oc1cc(F)c2c(c1)CCC=C2. The molecule has 0 atom stereocenters. The number of halogens is 1. The van der Waals surface area contributed by atoms with Gasteiger partial charge in [-0.2, -0.15) is 0 Å². The maximum Gasteiger partial charge on any atom is 0.134 e. The Hall–Kier alpha value is -1.31. The minimum atomic E-state index is -0.332. The number of phenols is 1. The third-order valence-corrected chi connectivity index (χ3v) is 2.06. The van der Waals surface area contributed by atoms with Gasteiger partial charge < -0.3 is 5.11 Å². The first kappa shape index (κ1) is 7.35. The van der Waals surface area contributed by atoms with E-state index < -0.39 is 0 Å². The Morgan fingerprint density at radius 1 is 1.33 bits per heavy atom. The molecule has 1 N–H and O–H groups in total. The largest absolute Gasteiger partial charge is 0.508 e. The lowest BCUT2D eigenvalue weighted by Gasteiger charge is -2.10. The van der Waals surface area contributed by atoms with Crippen LogP contribution in [0.15, 0.2) is 18.2 Å². The van der Waals surface area contributed by atoms with E-state index in [2.05, 4.69) is 0 Å². The predicted octanol–water partition coefficient (Wildman–Crippen LogP) is 2.49. The zero-order valence-electron chi connectivity index (χ0n) is 6.55. The van der Waals surface area contributed by atoms with E-state index in [1.807, 2.05) is 6.08 Å². The van der Waals surface area contributed by atoms with E-state index in [0.717, 1.165) is 24.5 Å². The molecule has 0 unspecified atom stereocenters. The van der Waals surface area contributed by atoms with Crippen LogP contribution in [-0.4, -0.2) is 5.11 Å². The Balaban J connectivity index is 2.62. The molecule has 1 aromatic carbocycles. The Morgan fingerprint density at radius 3 is 3.00 bits per heavy atom. The highest BCUT2D eigenvalue weighted by molar-refractivity contribution is 5.58. The molecule has 0 spiro atoms. The maximum absolute atomic E-state index is 13.1. The van der Waals surface area contributed by atoms with Crippen molar-refractivity contribution >= 4 is 6.08 Å². The predicted molar refractivity (Wildman–Crippen MR) is 45.4 cm³/mol. The summed E-state index contributed by atoms with van der Waals surface area (Å²) in [6, 6.07) is 2.77. The quantitative estimate of drug-likeness (QED) is 0.624. The highest BCUT2D eigenvalue weighted by Gasteiger charge is 2.10. The van der Waals surface area contributed by atoms with E-state index in [1.165, 1.54) is 0 Å². The zero-order valence-corrected chi connectivity index (χ0v) is 6.55. The van der Waals surface area contributed by atoms with Crippen LogP contribution < -0.4 is 0 Å². The highest BCUT2D eigenvalue weighted by atomic mass is 19.1. The number of aryl methyl sites for hydroxylation is 1. The van der Waals surface area contributed by atoms with Crippen molar-refractivity contribution in [1.29, 1.82) is 0 Å². The number of hydrogen-bond acceptors (Lipinski definition) is 1. The van der Waals surface area contributed by atoms with Crippen molar-refractivity contribution in [2.45, 2.75) is 12.8 Å². The van der Waals surface area contributed by atoms with Gasteiger partial charge in [-0.25, -0.2) is 4.39 Å². The first-order chi connectivity index (χ1) is 5.77. The van der Waals surface area contributed by atoms with Gasteiger partial charge in [0.15, 0.2) is 0 Å². The van der Waals surface area contributed by atoms with Gasteiger partial charge in [0, 0.05) is 11.6 Å². The Bertz CT molecular complexity index is 342. The first-order valence-electron chi connectivity index (χ1n) is 3.95. The van der Waals surface area contributed by atoms with Gasteiger partial charge in [0.25, 0.3) is 0 Å². The van der Waals surface area contributed by atoms with Crippen LogP contribution in [0.5, 0.6) is 5.75 Å². The fourth-order valence-corrected chi connectivity index (χ4v) is 1.49. The molecule has 0 amide bonds. The van der Waals surface area contributed by atoms with E-state index >= 15 is 0 Å². The average Bonchev–Trinajstić information content (AvgIpc) is 2.04. The van der Waals surface area contributed by atoms with Crippen LogP contribution in [0.3, 0.4) is 0 Å². The number of allylic oxidation sites excluding steroid dienone is 1. The molecular weight excluding hydrogens is 155 g/mol. The van der Waals surface area contributed by atoms with Gasteiger partial charge in [-0.3, -0.25) is 0 Å². The Morgan fingerprint density at radius 2 is 2.17 bits per heavy atom. The fraction of sp³-hybridized carbons (Fsp3) is 0.200. The number of phenolic OH excluding ortho intramolecular Hbond substituents is 1. The van der Waals surface area contributed by atoms with Crippen LogP contribution in [0.1, 0.15) is 17.5 Å². The summed E-state index contributed by atoms with van der Waals surface area (Å²) in [6.45, 7) is 0. The molecule has 0 aromatic heterocycles. The molecule has 0 saturated heterocycles. The Labute approximate surface area is 70.2 Å². The molecule has 0 saturated carbocycles. The number of rotatable bonds is 0. The molecule has 2 heteroatoms. The molecule has 62 valence electrons. The third-order valence-electron chi connectivity index (χ3n) is 2.06. The van der Waals surface area contributed by atoms with Crippen LogP contribution >= 0.6 is 0 Å². The maximum atomic E-state index is 13.1. The molecule has 0 heterocycles. The summed E-state index contributed by atoms with van der Waals surface area (Å²) in [7, 11) is 0. The van der Waals surface area contributed by atoms with E-state index in [-0.39, 0.29) is 11.6 Å². The molecule has 0 fully saturated rings. The molecule has 1 nitrogen and oxygen atoms in total. The first-order valence-corrected chi connectivity index (χ1v) is 3.95. The minimum absolute atomic E-state index is 0.0153. The molecule has 1 aliphatic carbocycles. The Kier molecular flexibility index (Phi) is 1.61. The lowest BCUT2D eigenvalue weighted by molar-refractivity contribution is 0.467. The van der Waals surface area contributed by atoms with Crippen molar-refractivity contribution in [2.24, 2.45) is 0 Å². The van der Waals surface area contributed by atoms with Crippen LogP contribution in [0.25, 0.3) is 6.08 Å².